The molecule has 0 amide bonds. The summed E-state index contributed by atoms with van der Waals surface area (Å²) in [5, 5.41) is 0. The van der Waals surface area contributed by atoms with Crippen molar-refractivity contribution in [3.63, 3.8) is 0 Å². The molecule has 0 atom stereocenters. The summed E-state index contributed by atoms with van der Waals surface area (Å²) in [6, 6.07) is 0. The Balaban J connectivity index is -0.000000125. The van der Waals surface area contributed by atoms with Crippen molar-refractivity contribution in [1.82, 2.24) is 0 Å². The van der Waals surface area contributed by atoms with E-state index in [2.05, 4.69) is 24.5 Å². The standard InChI is InChI=1S/5CH2.2ClH.W/h5*1H2;2*1H;. The third-order valence-electron chi connectivity index (χ3n) is 0. The molecule has 0 N–H and O–H groups in total. The van der Waals surface area contributed by atoms with Gasteiger partial charge in [-0.05, 0) is 0 Å². The molecule has 0 aliphatic heterocycles. The van der Waals surface area contributed by atoms with E-state index in [1.165, 1.54) is 0 Å². The molecule has 0 fully saturated rings. The summed E-state index contributed by atoms with van der Waals surface area (Å²) in [6.45, 7) is 0. The Hall–Kier alpha value is 0.618. The second kappa shape index (κ2) is 2.96. The van der Waals surface area contributed by atoms with Gasteiger partial charge in [0.05, 0.1) is 0 Å². The second-order valence-corrected chi connectivity index (χ2v) is 16.7. The van der Waals surface area contributed by atoms with Crippen molar-refractivity contribution in [3.8, 4) is 0 Å². The van der Waals surface area contributed by atoms with Crippen molar-refractivity contribution in [3.05, 3.63) is 0 Å². The molecule has 0 aromatic heterocycles. The van der Waals surface area contributed by atoms with Crippen LogP contribution < -0.4 is 0 Å². The minimum atomic E-state index is -3.00. The number of hydrogen-bond acceptors (Lipinski definition) is 0. The Morgan fingerprint density at radius 3 is 0.625 bits per heavy atom. The molecule has 3 heteroatoms. The summed E-state index contributed by atoms with van der Waals surface area (Å²) in [7, 11) is 0. The van der Waals surface area contributed by atoms with Crippen LogP contribution in [0.1, 0.15) is 0 Å². The van der Waals surface area contributed by atoms with E-state index in [9.17, 15) is 0 Å². The summed E-state index contributed by atoms with van der Waals surface area (Å²) in [4.78, 5) is 18.3. The molecule has 0 heterocycles. The van der Waals surface area contributed by atoms with Crippen LogP contribution in [0.4, 0.5) is 0 Å². The zero-order valence-electron chi connectivity index (χ0n) is 4.76. The van der Waals surface area contributed by atoms with Gasteiger partial charge in [-0.1, -0.05) is 0 Å². The van der Waals surface area contributed by atoms with Crippen LogP contribution in [0.5, 0.6) is 0 Å². The van der Waals surface area contributed by atoms with Gasteiger partial charge < -0.3 is 0 Å². The first-order valence-electron chi connectivity index (χ1n) is 1.44. The van der Waals surface area contributed by atoms with Crippen LogP contribution in [0.25, 0.3) is 0 Å². The number of halogens is 2. The van der Waals surface area contributed by atoms with Gasteiger partial charge >= 0.3 is 37.0 Å². The van der Waals surface area contributed by atoms with Gasteiger partial charge in [-0.25, -0.2) is 0 Å². The van der Waals surface area contributed by atoms with Gasteiger partial charge in [0.1, 0.15) is 0 Å². The monoisotopic (exact) mass is 326 g/mol. The van der Waals surface area contributed by atoms with Crippen molar-refractivity contribution in [2.75, 3.05) is 0 Å². The molecule has 0 unspecified atom stereocenters. The predicted molar refractivity (Wildman–Crippen MR) is 50.1 cm³/mol. The van der Waals surface area contributed by atoms with Crippen molar-refractivity contribution in [2.45, 2.75) is 0 Å². The quantitative estimate of drug-likeness (QED) is 0.614. The van der Waals surface area contributed by atoms with E-state index in [1.807, 2.05) is 0 Å². The second-order valence-electron chi connectivity index (χ2n) is 2.04. The van der Waals surface area contributed by atoms with Crippen molar-refractivity contribution >= 4 is 49.3 Å². The zero-order chi connectivity index (χ0) is 5.45. The van der Waals surface area contributed by atoms with Crippen LogP contribution in [0.2, 0.25) is 0 Å². The van der Waals surface area contributed by atoms with E-state index in [4.69, 9.17) is 0 Å². The molecule has 8 heavy (non-hydrogen) atoms. The van der Waals surface area contributed by atoms with Crippen molar-refractivity contribution in [1.29, 1.82) is 0 Å². The molecule has 0 nitrogen and oxygen atoms in total. The van der Waals surface area contributed by atoms with E-state index in [-0.39, 0.29) is 24.8 Å². The third-order valence-corrected chi connectivity index (χ3v) is 0. The summed E-state index contributed by atoms with van der Waals surface area (Å²) in [5.74, 6) is 0. The average Bonchev–Trinajstić information content (AvgIpc) is 0.650. The fourth-order valence-corrected chi connectivity index (χ4v) is 0. The Morgan fingerprint density at radius 2 is 0.625 bits per heavy atom. The summed E-state index contributed by atoms with van der Waals surface area (Å²) < 4.78 is 0. The maximum absolute atomic E-state index is 3.67. The maximum atomic E-state index is 3.67. The van der Waals surface area contributed by atoms with E-state index >= 15 is 0 Å². The fraction of sp³-hybridized carbons (Fsp3) is 0. The molecular formula is C5H12Cl2W. The van der Waals surface area contributed by atoms with Crippen LogP contribution in [-0.2, 0) is 12.5 Å². The van der Waals surface area contributed by atoms with Gasteiger partial charge in [0.25, 0.3) is 0 Å². The molecule has 52 valence electrons. The minimum absolute atomic E-state index is 0. The molecule has 0 radical (unpaired) electrons. The predicted octanol–water partition coefficient (Wildman–Crippen LogP) is 0.680. The van der Waals surface area contributed by atoms with Crippen LogP contribution in [0.3, 0.4) is 0 Å². The topological polar surface area (TPSA) is 0 Å². The molecule has 0 rings (SSSR count). The Bertz CT molecular complexity index is 280. The van der Waals surface area contributed by atoms with Crippen molar-refractivity contribution < 1.29 is 12.5 Å². The van der Waals surface area contributed by atoms with Crippen molar-refractivity contribution in [2.24, 2.45) is 0 Å². The molecule has 0 saturated heterocycles. The van der Waals surface area contributed by atoms with E-state index < -0.39 is 12.5 Å². The van der Waals surface area contributed by atoms with E-state index in [0.29, 0.717) is 0 Å². The zero-order valence-corrected chi connectivity index (χ0v) is 9.33. The summed E-state index contributed by atoms with van der Waals surface area (Å²) in [5.41, 5.74) is 0. The van der Waals surface area contributed by atoms with Crippen LogP contribution >= 0.6 is 24.8 Å². The first-order chi connectivity index (χ1) is 2.24. The summed E-state index contributed by atoms with van der Waals surface area (Å²) >= 11 is -3.00. The Morgan fingerprint density at radius 1 is 0.625 bits per heavy atom. The molecule has 0 saturated carbocycles. The van der Waals surface area contributed by atoms with Gasteiger partial charge in [-0.3, -0.25) is 0 Å². The normalized spacial score (nSPS) is 7.50. The van der Waals surface area contributed by atoms with E-state index in [1.54, 1.807) is 0 Å². The molecule has 0 aromatic carbocycles. The van der Waals surface area contributed by atoms with E-state index in [0.717, 1.165) is 0 Å². The number of hydrogen-bond donors (Lipinski definition) is 0. The number of rotatable bonds is 0. The molecule has 0 bridgehead atoms. The fourth-order valence-electron chi connectivity index (χ4n) is 0. The van der Waals surface area contributed by atoms with Crippen LogP contribution in [0, 0.1) is 0 Å². The molecule has 0 aliphatic rings. The molecule has 0 aliphatic carbocycles. The Kier molecular flexibility index (Phi) is 5.86. The first kappa shape index (κ1) is 15.8. The van der Waals surface area contributed by atoms with Gasteiger partial charge in [-0.2, -0.15) is 0 Å². The molecule has 0 aromatic rings. The SMILES string of the molecule is Cl.Cl.[CH2]=[W](=[CH2])(=[CH2])(=[CH2])=[CH2]. The van der Waals surface area contributed by atoms with Gasteiger partial charge in [0.15, 0.2) is 0 Å². The van der Waals surface area contributed by atoms with Crippen LogP contribution in [0.15, 0.2) is 0 Å². The summed E-state index contributed by atoms with van der Waals surface area (Å²) in [6.07, 6.45) is 0. The first-order valence-corrected chi connectivity index (χ1v) is 11.8. The third kappa shape index (κ3) is 546. The van der Waals surface area contributed by atoms with Gasteiger partial charge in [0.2, 0.25) is 0 Å². The molecular weight excluding hydrogens is 315 g/mol. The van der Waals surface area contributed by atoms with Gasteiger partial charge in [0, 0.05) is 0 Å². The molecule has 0 spiro atoms. The van der Waals surface area contributed by atoms with Crippen LogP contribution in [-0.4, -0.2) is 24.5 Å². The average molecular weight is 327 g/mol. The Labute approximate surface area is 61.7 Å². The van der Waals surface area contributed by atoms with Gasteiger partial charge in [-0.15, -0.1) is 24.8 Å².